The summed E-state index contributed by atoms with van der Waals surface area (Å²) in [7, 11) is 1.64. The molecule has 2 aromatic heterocycles. The number of rotatable bonds is 8. The summed E-state index contributed by atoms with van der Waals surface area (Å²) in [5.74, 6) is 0.580. The number of benzene rings is 1. The van der Waals surface area contributed by atoms with Crippen molar-refractivity contribution in [2.45, 2.75) is 32.7 Å². The summed E-state index contributed by atoms with van der Waals surface area (Å²) in [6.45, 7) is 4.14. The van der Waals surface area contributed by atoms with E-state index in [9.17, 15) is 9.59 Å². The van der Waals surface area contributed by atoms with E-state index in [0.717, 1.165) is 59.3 Å². The molecule has 1 aliphatic heterocycles. The fraction of sp³-hybridized carbons (Fsp3) is 0.348. The lowest BCUT2D eigenvalue weighted by atomic mass is 10.2. The van der Waals surface area contributed by atoms with E-state index in [4.69, 9.17) is 15.5 Å². The minimum absolute atomic E-state index is 0.228. The summed E-state index contributed by atoms with van der Waals surface area (Å²) in [6, 6.07) is 9.61. The van der Waals surface area contributed by atoms with E-state index in [1.807, 2.05) is 47.5 Å². The summed E-state index contributed by atoms with van der Waals surface area (Å²) in [5, 5.41) is 2.89. The van der Waals surface area contributed by atoms with Gasteiger partial charge in [0.2, 0.25) is 5.91 Å². The number of primary amides is 1. The molecule has 2 N–H and O–H groups in total. The number of hydrogen-bond donors (Lipinski definition) is 1. The normalized spacial score (nSPS) is 13.7. The number of carbonyl (C=O) groups is 2. The zero-order valence-electron chi connectivity index (χ0n) is 17.8. The summed E-state index contributed by atoms with van der Waals surface area (Å²) in [5.41, 5.74) is 9.63. The topological polar surface area (TPSA) is 90.5 Å². The second-order valence-electron chi connectivity index (χ2n) is 7.65. The molecule has 0 spiro atoms. The van der Waals surface area contributed by atoms with Gasteiger partial charge in [0.05, 0.1) is 24.1 Å². The third-order valence-electron chi connectivity index (χ3n) is 5.72. The zero-order valence-corrected chi connectivity index (χ0v) is 18.6. The minimum Gasteiger partial charge on any atom is -0.497 e. The second-order valence-corrected chi connectivity index (χ2v) is 8.51. The van der Waals surface area contributed by atoms with Crippen LogP contribution in [0.15, 0.2) is 35.7 Å². The highest BCUT2D eigenvalue weighted by Crippen LogP contribution is 2.32. The molecule has 0 bridgehead atoms. The Labute approximate surface area is 185 Å². The third kappa shape index (κ3) is 4.34. The van der Waals surface area contributed by atoms with Crippen LogP contribution in [0.4, 0.5) is 0 Å². The van der Waals surface area contributed by atoms with Crippen molar-refractivity contribution in [2.24, 2.45) is 5.73 Å². The lowest BCUT2D eigenvalue weighted by Gasteiger charge is -2.17. The van der Waals surface area contributed by atoms with Crippen molar-refractivity contribution in [1.29, 1.82) is 0 Å². The van der Waals surface area contributed by atoms with E-state index in [0.29, 0.717) is 18.5 Å². The summed E-state index contributed by atoms with van der Waals surface area (Å²) < 4.78 is 7.32. The van der Waals surface area contributed by atoms with Crippen LogP contribution in [0.1, 0.15) is 35.3 Å². The molecule has 2 amide bonds. The first-order chi connectivity index (χ1) is 15.0. The van der Waals surface area contributed by atoms with Crippen LogP contribution in [0.2, 0.25) is 0 Å². The van der Waals surface area contributed by atoms with Gasteiger partial charge < -0.3 is 19.9 Å². The van der Waals surface area contributed by atoms with Gasteiger partial charge in [-0.15, -0.1) is 11.3 Å². The number of amides is 2. The number of methoxy groups -OCH3 is 1. The number of carbonyl (C=O) groups excluding carboxylic acids is 2. The first-order valence-corrected chi connectivity index (χ1v) is 11.2. The summed E-state index contributed by atoms with van der Waals surface area (Å²) in [4.78, 5) is 30.6. The number of hydrogen-bond acceptors (Lipinski definition) is 5. The molecular formula is C23H26N4O3S. The van der Waals surface area contributed by atoms with Gasteiger partial charge in [-0.2, -0.15) is 0 Å². The lowest BCUT2D eigenvalue weighted by molar-refractivity contribution is -0.127. The van der Waals surface area contributed by atoms with Crippen molar-refractivity contribution in [3.05, 3.63) is 47.0 Å². The van der Waals surface area contributed by atoms with Crippen LogP contribution >= 0.6 is 11.3 Å². The van der Waals surface area contributed by atoms with Crippen molar-refractivity contribution in [3.63, 3.8) is 0 Å². The monoisotopic (exact) mass is 438 g/mol. The van der Waals surface area contributed by atoms with Gasteiger partial charge in [-0.25, -0.2) is 4.98 Å². The van der Waals surface area contributed by atoms with E-state index in [2.05, 4.69) is 4.57 Å². The van der Waals surface area contributed by atoms with Crippen molar-refractivity contribution in [3.8, 4) is 27.7 Å². The molecular weight excluding hydrogens is 412 g/mol. The Balaban J connectivity index is 1.59. The Morgan fingerprint density at radius 1 is 1.26 bits per heavy atom. The second kappa shape index (κ2) is 8.93. The SMILES string of the molecule is COc1ccc(-c2nc(-c3cc(C(N)=O)c(C)n3CCCN3CCCC3=O)cs2)cc1. The summed E-state index contributed by atoms with van der Waals surface area (Å²) >= 11 is 1.55. The lowest BCUT2D eigenvalue weighted by Crippen LogP contribution is -2.26. The molecule has 8 heteroatoms. The number of likely N-dealkylation sites (tertiary alicyclic amines) is 1. The van der Waals surface area contributed by atoms with Gasteiger partial charge in [-0.05, 0) is 50.1 Å². The minimum atomic E-state index is -0.446. The maximum Gasteiger partial charge on any atom is 0.250 e. The Bertz CT molecular complexity index is 1100. The molecule has 3 aromatic rings. The largest absolute Gasteiger partial charge is 0.497 e. The first-order valence-electron chi connectivity index (χ1n) is 10.4. The van der Waals surface area contributed by atoms with Crippen molar-refractivity contribution < 1.29 is 14.3 Å². The highest BCUT2D eigenvalue weighted by molar-refractivity contribution is 7.13. The zero-order chi connectivity index (χ0) is 22.0. The first kappa shape index (κ1) is 21.1. The highest BCUT2D eigenvalue weighted by atomic mass is 32.1. The summed E-state index contributed by atoms with van der Waals surface area (Å²) in [6.07, 6.45) is 2.39. The molecule has 31 heavy (non-hydrogen) atoms. The average Bonchev–Trinajstić information content (AvgIpc) is 3.48. The van der Waals surface area contributed by atoms with E-state index < -0.39 is 5.91 Å². The van der Waals surface area contributed by atoms with Gasteiger partial charge in [-0.1, -0.05) is 0 Å². The molecule has 0 aliphatic carbocycles. The van der Waals surface area contributed by atoms with Gasteiger partial charge >= 0.3 is 0 Å². The van der Waals surface area contributed by atoms with Crippen molar-refractivity contribution >= 4 is 23.2 Å². The molecule has 4 rings (SSSR count). The third-order valence-corrected chi connectivity index (χ3v) is 6.61. The molecule has 3 heterocycles. The molecule has 162 valence electrons. The maximum atomic E-state index is 12.0. The molecule has 1 aliphatic rings. The number of nitrogens with two attached hydrogens (primary N) is 1. The van der Waals surface area contributed by atoms with Gasteiger partial charge in [0.1, 0.15) is 10.8 Å². The quantitative estimate of drug-likeness (QED) is 0.580. The van der Waals surface area contributed by atoms with Crippen molar-refractivity contribution in [1.82, 2.24) is 14.5 Å². The standard InChI is InChI=1S/C23H26N4O3S/c1-15-18(22(24)29)13-20(27(15)12-4-11-26-10-3-5-21(26)28)19-14-31-23(25-19)16-6-8-17(30-2)9-7-16/h6-9,13-14H,3-5,10-12H2,1-2H3,(H2,24,29). The Kier molecular flexibility index (Phi) is 6.08. The van der Waals surface area contributed by atoms with Crippen LogP contribution in [-0.4, -0.2) is 46.5 Å². The molecule has 0 unspecified atom stereocenters. The van der Waals surface area contributed by atoms with Crippen LogP contribution in [0.3, 0.4) is 0 Å². The predicted octanol–water partition coefficient (Wildman–Crippen LogP) is 3.71. The number of thiazole rings is 1. The van der Waals surface area contributed by atoms with Crippen LogP contribution in [0.5, 0.6) is 5.75 Å². The fourth-order valence-electron chi connectivity index (χ4n) is 4.01. The number of aromatic nitrogens is 2. The number of ether oxygens (including phenoxy) is 1. The predicted molar refractivity (Wildman–Crippen MR) is 121 cm³/mol. The molecule has 1 saturated heterocycles. The van der Waals surface area contributed by atoms with Gasteiger partial charge in [0.25, 0.3) is 5.91 Å². The van der Waals surface area contributed by atoms with E-state index >= 15 is 0 Å². The average molecular weight is 439 g/mol. The Morgan fingerprint density at radius 3 is 2.68 bits per heavy atom. The smallest absolute Gasteiger partial charge is 0.250 e. The van der Waals surface area contributed by atoms with Crippen LogP contribution in [0, 0.1) is 6.92 Å². The van der Waals surface area contributed by atoms with E-state index in [-0.39, 0.29) is 5.91 Å². The van der Waals surface area contributed by atoms with E-state index in [1.54, 1.807) is 18.4 Å². The number of nitrogens with zero attached hydrogens (tertiary/aromatic N) is 3. The highest BCUT2D eigenvalue weighted by Gasteiger charge is 2.21. The molecule has 1 fully saturated rings. The molecule has 0 atom stereocenters. The van der Waals surface area contributed by atoms with Crippen LogP contribution < -0.4 is 10.5 Å². The van der Waals surface area contributed by atoms with E-state index in [1.165, 1.54) is 0 Å². The molecule has 7 nitrogen and oxygen atoms in total. The fourth-order valence-corrected chi connectivity index (χ4v) is 4.83. The van der Waals surface area contributed by atoms with Gasteiger partial charge in [-0.3, -0.25) is 9.59 Å². The van der Waals surface area contributed by atoms with Gasteiger partial charge in [0, 0.05) is 42.7 Å². The van der Waals surface area contributed by atoms with Crippen molar-refractivity contribution in [2.75, 3.05) is 20.2 Å². The van der Waals surface area contributed by atoms with Gasteiger partial charge in [0.15, 0.2) is 0 Å². The molecule has 1 aromatic carbocycles. The molecule has 0 radical (unpaired) electrons. The van der Waals surface area contributed by atoms with Crippen LogP contribution in [0.25, 0.3) is 22.0 Å². The molecule has 0 saturated carbocycles. The Hall–Kier alpha value is -3.13. The van der Waals surface area contributed by atoms with Crippen LogP contribution in [-0.2, 0) is 11.3 Å². The Morgan fingerprint density at radius 2 is 2.03 bits per heavy atom. The maximum absolute atomic E-state index is 12.0.